The van der Waals surface area contributed by atoms with Gasteiger partial charge in [0.1, 0.15) is 23.9 Å². The molecule has 144 valence electrons. The van der Waals surface area contributed by atoms with E-state index >= 15 is 0 Å². The summed E-state index contributed by atoms with van der Waals surface area (Å²) in [5, 5.41) is 0. The molecule has 1 saturated heterocycles. The van der Waals surface area contributed by atoms with Crippen molar-refractivity contribution in [3.05, 3.63) is 60.2 Å². The first kappa shape index (κ1) is 19.3. The smallest absolute Gasteiger partial charge is 0.326 e. The molecule has 2 amide bonds. The number of nitrogens with zero attached hydrogens (tertiary/aromatic N) is 2. The van der Waals surface area contributed by atoms with Crippen LogP contribution in [-0.4, -0.2) is 48.7 Å². The van der Waals surface area contributed by atoms with Crippen molar-refractivity contribution in [3.63, 3.8) is 0 Å². The van der Waals surface area contributed by atoms with E-state index in [1.807, 2.05) is 6.07 Å². The molecular weight excluding hydrogens is 360 g/mol. The summed E-state index contributed by atoms with van der Waals surface area (Å²) in [5.41, 5.74) is 1.22. The number of carbonyl (C=O) groups excluding carboxylic acids is 3. The van der Waals surface area contributed by atoms with Crippen molar-refractivity contribution in [3.8, 4) is 5.75 Å². The van der Waals surface area contributed by atoms with Gasteiger partial charge in [0.25, 0.3) is 5.91 Å². The highest BCUT2D eigenvalue weighted by atomic mass is 16.5. The lowest BCUT2D eigenvalue weighted by atomic mass is 9.96. The molecule has 1 fully saturated rings. The second-order valence-electron chi connectivity index (χ2n) is 6.07. The summed E-state index contributed by atoms with van der Waals surface area (Å²) in [5.74, 6) is -1.94. The summed E-state index contributed by atoms with van der Waals surface area (Å²) in [6, 6.07) is 15.7. The summed E-state index contributed by atoms with van der Waals surface area (Å²) in [7, 11) is 1.55. The molecule has 3 rings (SSSR count). The van der Waals surface area contributed by atoms with E-state index in [0.29, 0.717) is 17.0 Å². The van der Waals surface area contributed by atoms with Crippen LogP contribution in [0.1, 0.15) is 18.4 Å². The fourth-order valence-electron chi connectivity index (χ4n) is 2.97. The lowest BCUT2D eigenvalue weighted by molar-refractivity contribution is -0.151. The highest BCUT2D eigenvalue weighted by molar-refractivity contribution is 6.52. The molecule has 1 aliphatic rings. The number of hydrogen-bond acceptors (Lipinski definition) is 6. The van der Waals surface area contributed by atoms with Gasteiger partial charge in [0.05, 0.1) is 19.4 Å². The van der Waals surface area contributed by atoms with Crippen LogP contribution < -0.4 is 4.74 Å². The van der Waals surface area contributed by atoms with Gasteiger partial charge in [-0.15, -0.1) is 0 Å². The maximum absolute atomic E-state index is 13.0. The lowest BCUT2D eigenvalue weighted by Crippen LogP contribution is -2.36. The van der Waals surface area contributed by atoms with Gasteiger partial charge in [-0.25, -0.2) is 4.99 Å². The number of benzene rings is 2. The zero-order valence-electron chi connectivity index (χ0n) is 15.6. The minimum absolute atomic E-state index is 0.0747. The first-order valence-electron chi connectivity index (χ1n) is 8.84. The maximum Gasteiger partial charge on any atom is 0.326 e. The second kappa shape index (κ2) is 8.47. The Morgan fingerprint density at radius 1 is 1.07 bits per heavy atom. The fourth-order valence-corrected chi connectivity index (χ4v) is 2.97. The van der Waals surface area contributed by atoms with E-state index in [4.69, 9.17) is 9.47 Å². The standard InChI is InChI=1S/C21H20N2O5/c1-3-28-17(24)13-23-20(25)18(14-7-5-4-6-8-14)19(21(23)26)22-15-9-11-16(27-2)12-10-15/h4-12,18H,3,13H2,1-2H3. The molecule has 1 heterocycles. The van der Waals surface area contributed by atoms with Gasteiger partial charge in [-0.05, 0) is 36.8 Å². The van der Waals surface area contributed by atoms with Crippen molar-refractivity contribution in [2.24, 2.45) is 4.99 Å². The third kappa shape index (κ3) is 3.93. The molecule has 7 heteroatoms. The number of rotatable bonds is 6. The molecule has 1 aliphatic heterocycles. The van der Waals surface area contributed by atoms with Crippen LogP contribution in [0.2, 0.25) is 0 Å². The van der Waals surface area contributed by atoms with Crippen molar-refractivity contribution in [1.29, 1.82) is 0 Å². The number of esters is 1. The molecular formula is C21H20N2O5. The number of aliphatic imine (C=N–C) groups is 1. The van der Waals surface area contributed by atoms with E-state index in [1.165, 1.54) is 0 Å². The highest BCUT2D eigenvalue weighted by Gasteiger charge is 2.46. The molecule has 1 atom stereocenters. The van der Waals surface area contributed by atoms with E-state index in [2.05, 4.69) is 4.99 Å². The minimum Gasteiger partial charge on any atom is -0.497 e. The van der Waals surface area contributed by atoms with Gasteiger partial charge >= 0.3 is 5.97 Å². The zero-order valence-corrected chi connectivity index (χ0v) is 15.6. The van der Waals surface area contributed by atoms with Crippen LogP contribution in [-0.2, 0) is 19.1 Å². The molecule has 0 bridgehead atoms. The van der Waals surface area contributed by atoms with E-state index in [1.54, 1.807) is 62.6 Å². The van der Waals surface area contributed by atoms with Crippen LogP contribution in [0.25, 0.3) is 0 Å². The SMILES string of the molecule is CCOC(=O)CN1C(=O)C(=Nc2ccc(OC)cc2)C(c2ccccc2)C1=O. The Morgan fingerprint density at radius 2 is 1.75 bits per heavy atom. The molecule has 0 radical (unpaired) electrons. The monoisotopic (exact) mass is 380 g/mol. The molecule has 0 N–H and O–H groups in total. The molecule has 1 unspecified atom stereocenters. The largest absolute Gasteiger partial charge is 0.497 e. The molecule has 0 saturated carbocycles. The van der Waals surface area contributed by atoms with Crippen molar-refractivity contribution < 1.29 is 23.9 Å². The molecule has 2 aromatic carbocycles. The van der Waals surface area contributed by atoms with Crippen molar-refractivity contribution in [1.82, 2.24) is 4.90 Å². The van der Waals surface area contributed by atoms with Crippen LogP contribution >= 0.6 is 0 Å². The van der Waals surface area contributed by atoms with Crippen LogP contribution in [0, 0.1) is 0 Å². The summed E-state index contributed by atoms with van der Waals surface area (Å²) in [4.78, 5) is 43.0. The zero-order chi connectivity index (χ0) is 20.1. The summed E-state index contributed by atoms with van der Waals surface area (Å²) >= 11 is 0. The van der Waals surface area contributed by atoms with Crippen LogP contribution in [0.3, 0.4) is 0 Å². The van der Waals surface area contributed by atoms with Gasteiger partial charge in [-0.1, -0.05) is 30.3 Å². The Kier molecular flexibility index (Phi) is 5.84. The van der Waals surface area contributed by atoms with Crippen LogP contribution in [0.4, 0.5) is 5.69 Å². The molecule has 28 heavy (non-hydrogen) atoms. The normalized spacial score (nSPS) is 17.9. The van der Waals surface area contributed by atoms with E-state index in [9.17, 15) is 14.4 Å². The Morgan fingerprint density at radius 3 is 2.36 bits per heavy atom. The van der Waals surface area contributed by atoms with Crippen molar-refractivity contribution >= 4 is 29.2 Å². The summed E-state index contributed by atoms with van der Waals surface area (Å²) < 4.78 is 10.0. The van der Waals surface area contributed by atoms with Gasteiger partial charge in [-0.2, -0.15) is 0 Å². The van der Waals surface area contributed by atoms with E-state index < -0.39 is 30.2 Å². The quantitative estimate of drug-likeness (QED) is 0.568. The maximum atomic E-state index is 13.0. The number of imide groups is 1. The number of amides is 2. The topological polar surface area (TPSA) is 85.3 Å². The Bertz CT molecular complexity index is 906. The first-order valence-corrected chi connectivity index (χ1v) is 8.84. The second-order valence-corrected chi connectivity index (χ2v) is 6.07. The Labute approximate surface area is 162 Å². The molecule has 0 aliphatic carbocycles. The number of likely N-dealkylation sites (tertiary alicyclic amines) is 1. The first-order chi connectivity index (χ1) is 13.5. The average molecular weight is 380 g/mol. The van der Waals surface area contributed by atoms with Gasteiger partial charge in [0, 0.05) is 0 Å². The molecule has 2 aromatic rings. The highest BCUT2D eigenvalue weighted by Crippen LogP contribution is 2.30. The third-order valence-electron chi connectivity index (χ3n) is 4.30. The molecule has 0 aromatic heterocycles. The Balaban J connectivity index is 2.00. The molecule has 0 spiro atoms. The third-order valence-corrected chi connectivity index (χ3v) is 4.30. The number of hydrogen-bond donors (Lipinski definition) is 0. The van der Waals surface area contributed by atoms with Crippen LogP contribution in [0.15, 0.2) is 59.6 Å². The van der Waals surface area contributed by atoms with E-state index in [0.717, 1.165) is 4.90 Å². The van der Waals surface area contributed by atoms with E-state index in [-0.39, 0.29) is 12.3 Å². The number of methoxy groups -OCH3 is 1. The predicted octanol–water partition coefficient (Wildman–Crippen LogP) is 2.48. The Hall–Kier alpha value is -3.48. The fraction of sp³-hybridized carbons (Fsp3) is 0.238. The summed E-state index contributed by atoms with van der Waals surface area (Å²) in [6.07, 6.45) is 0. The van der Waals surface area contributed by atoms with Gasteiger partial charge < -0.3 is 9.47 Å². The van der Waals surface area contributed by atoms with Gasteiger partial charge in [0.2, 0.25) is 5.91 Å². The van der Waals surface area contributed by atoms with Crippen molar-refractivity contribution in [2.75, 3.05) is 20.3 Å². The lowest BCUT2D eigenvalue weighted by Gasteiger charge is -2.13. The minimum atomic E-state index is -0.870. The average Bonchev–Trinajstić information content (AvgIpc) is 2.93. The van der Waals surface area contributed by atoms with Gasteiger partial charge in [0.15, 0.2) is 0 Å². The summed E-state index contributed by atoms with van der Waals surface area (Å²) in [6.45, 7) is 1.40. The van der Waals surface area contributed by atoms with Crippen molar-refractivity contribution in [2.45, 2.75) is 12.8 Å². The predicted molar refractivity (Wildman–Crippen MR) is 103 cm³/mol. The molecule has 7 nitrogen and oxygen atoms in total. The number of ether oxygens (including phenoxy) is 2. The van der Waals surface area contributed by atoms with Crippen LogP contribution in [0.5, 0.6) is 5.75 Å². The van der Waals surface area contributed by atoms with Gasteiger partial charge in [-0.3, -0.25) is 19.3 Å². The number of carbonyl (C=O) groups is 3.